The molecule has 0 bridgehead atoms. The van der Waals surface area contributed by atoms with E-state index in [2.05, 4.69) is 5.32 Å². The van der Waals surface area contributed by atoms with Crippen molar-refractivity contribution in [3.63, 3.8) is 0 Å². The number of hydrogen-bond donors (Lipinski definition) is 3. The first-order chi connectivity index (χ1) is 7.90. The highest BCUT2D eigenvalue weighted by molar-refractivity contribution is 5.90. The Bertz CT molecular complexity index is 298. The molecule has 1 amide bonds. The number of hydrogen-bond acceptors (Lipinski definition) is 3. The van der Waals surface area contributed by atoms with E-state index in [9.17, 15) is 9.59 Å². The molecule has 98 valence electrons. The molecule has 0 aromatic rings. The van der Waals surface area contributed by atoms with Gasteiger partial charge in [-0.25, -0.2) is 4.79 Å². The van der Waals surface area contributed by atoms with Gasteiger partial charge in [0.1, 0.15) is 6.04 Å². The van der Waals surface area contributed by atoms with Crippen molar-refractivity contribution in [2.24, 2.45) is 11.7 Å². The van der Waals surface area contributed by atoms with Crippen LogP contribution in [0.2, 0.25) is 0 Å². The number of carboxylic acids is 1. The van der Waals surface area contributed by atoms with E-state index in [0.717, 1.165) is 12.8 Å². The van der Waals surface area contributed by atoms with Gasteiger partial charge in [-0.15, -0.1) is 0 Å². The lowest BCUT2D eigenvalue weighted by Crippen LogP contribution is -2.57. The topological polar surface area (TPSA) is 92.4 Å². The van der Waals surface area contributed by atoms with E-state index in [1.54, 1.807) is 0 Å². The Morgan fingerprint density at radius 1 is 1.41 bits per heavy atom. The zero-order valence-corrected chi connectivity index (χ0v) is 10.5. The Balaban J connectivity index is 2.67. The Morgan fingerprint density at radius 3 is 2.35 bits per heavy atom. The zero-order chi connectivity index (χ0) is 13.1. The fraction of sp³-hybridized carbons (Fsp3) is 0.833. The number of carboxylic acid groups (broad SMARTS) is 1. The molecule has 17 heavy (non-hydrogen) atoms. The summed E-state index contributed by atoms with van der Waals surface area (Å²) in [5.41, 5.74) is 5.13. The number of nitrogens with two attached hydrogens (primary N) is 1. The molecule has 0 saturated heterocycles. The van der Waals surface area contributed by atoms with Gasteiger partial charge in [0.05, 0.1) is 5.54 Å². The molecule has 0 aliphatic heterocycles. The first-order valence-corrected chi connectivity index (χ1v) is 6.23. The number of carbonyl (C=O) groups is 2. The molecule has 0 spiro atoms. The van der Waals surface area contributed by atoms with Crippen molar-refractivity contribution < 1.29 is 14.7 Å². The van der Waals surface area contributed by atoms with Crippen LogP contribution in [0.4, 0.5) is 0 Å². The maximum absolute atomic E-state index is 12.0. The zero-order valence-electron chi connectivity index (χ0n) is 10.5. The van der Waals surface area contributed by atoms with Crippen LogP contribution in [0.15, 0.2) is 0 Å². The van der Waals surface area contributed by atoms with Gasteiger partial charge in [0.2, 0.25) is 5.91 Å². The third-order valence-corrected chi connectivity index (χ3v) is 3.71. The second-order valence-corrected chi connectivity index (χ2v) is 5.04. The fourth-order valence-corrected chi connectivity index (χ4v) is 2.20. The molecule has 0 radical (unpaired) electrons. The third kappa shape index (κ3) is 3.19. The maximum atomic E-state index is 12.0. The molecular weight excluding hydrogens is 220 g/mol. The molecule has 0 aromatic carbocycles. The first-order valence-electron chi connectivity index (χ1n) is 6.23. The number of rotatable bonds is 5. The van der Waals surface area contributed by atoms with E-state index in [1.807, 2.05) is 13.8 Å². The standard InChI is InChI=1S/C12H22N2O3/c1-3-8(2)9(10(15)16)14-11(17)12(13)6-4-5-7-12/h8-9H,3-7,13H2,1-2H3,(H,14,17)(H,15,16)/t8?,9-/m0/s1. The summed E-state index contributed by atoms with van der Waals surface area (Å²) in [6, 6.07) is -0.839. The number of carbonyl (C=O) groups excluding carboxylic acids is 1. The molecule has 1 unspecified atom stereocenters. The summed E-state index contributed by atoms with van der Waals surface area (Å²) in [4.78, 5) is 23.1. The minimum Gasteiger partial charge on any atom is -0.480 e. The predicted octanol–water partition coefficient (Wildman–Crippen LogP) is 0.873. The second-order valence-electron chi connectivity index (χ2n) is 5.04. The average Bonchev–Trinajstić information content (AvgIpc) is 2.72. The molecule has 2 atom stereocenters. The molecule has 4 N–H and O–H groups in total. The van der Waals surface area contributed by atoms with Crippen LogP contribution >= 0.6 is 0 Å². The number of nitrogens with one attached hydrogen (secondary N) is 1. The molecule has 1 rings (SSSR count). The summed E-state index contributed by atoms with van der Waals surface area (Å²) in [6.07, 6.45) is 3.86. The second kappa shape index (κ2) is 5.49. The Morgan fingerprint density at radius 2 is 1.94 bits per heavy atom. The van der Waals surface area contributed by atoms with Crippen LogP contribution in [0.25, 0.3) is 0 Å². The van der Waals surface area contributed by atoms with Gasteiger partial charge in [0.15, 0.2) is 0 Å². The van der Waals surface area contributed by atoms with Gasteiger partial charge in [-0.2, -0.15) is 0 Å². The quantitative estimate of drug-likeness (QED) is 0.667. The van der Waals surface area contributed by atoms with Gasteiger partial charge in [-0.05, 0) is 18.8 Å². The van der Waals surface area contributed by atoms with Crippen LogP contribution in [-0.2, 0) is 9.59 Å². The summed E-state index contributed by atoms with van der Waals surface area (Å²) < 4.78 is 0. The Labute approximate surface area is 102 Å². The normalized spacial score (nSPS) is 21.8. The fourth-order valence-electron chi connectivity index (χ4n) is 2.20. The lowest BCUT2D eigenvalue weighted by Gasteiger charge is -2.27. The first kappa shape index (κ1) is 14.0. The van der Waals surface area contributed by atoms with E-state index >= 15 is 0 Å². The Hall–Kier alpha value is -1.10. The van der Waals surface area contributed by atoms with Crippen molar-refractivity contribution in [3.8, 4) is 0 Å². The van der Waals surface area contributed by atoms with Crippen molar-refractivity contribution in [3.05, 3.63) is 0 Å². The Kier molecular flexibility index (Phi) is 4.51. The third-order valence-electron chi connectivity index (χ3n) is 3.71. The highest BCUT2D eigenvalue weighted by Gasteiger charge is 2.39. The molecule has 1 aliphatic carbocycles. The summed E-state index contributed by atoms with van der Waals surface area (Å²) in [6.45, 7) is 3.72. The van der Waals surface area contributed by atoms with E-state index in [1.165, 1.54) is 0 Å². The molecule has 1 saturated carbocycles. The summed E-state index contributed by atoms with van der Waals surface area (Å²) in [7, 11) is 0. The highest BCUT2D eigenvalue weighted by Crippen LogP contribution is 2.27. The predicted molar refractivity (Wildman–Crippen MR) is 64.4 cm³/mol. The molecule has 5 nitrogen and oxygen atoms in total. The maximum Gasteiger partial charge on any atom is 0.326 e. The van der Waals surface area contributed by atoms with E-state index < -0.39 is 17.6 Å². The van der Waals surface area contributed by atoms with Crippen LogP contribution < -0.4 is 11.1 Å². The highest BCUT2D eigenvalue weighted by atomic mass is 16.4. The summed E-state index contributed by atoms with van der Waals surface area (Å²) in [5.74, 6) is -1.40. The monoisotopic (exact) mass is 242 g/mol. The van der Waals surface area contributed by atoms with Gasteiger partial charge in [-0.3, -0.25) is 4.79 Å². The molecule has 5 heteroatoms. The van der Waals surface area contributed by atoms with Gasteiger partial charge in [0, 0.05) is 0 Å². The number of amides is 1. The van der Waals surface area contributed by atoms with Crippen LogP contribution in [0.5, 0.6) is 0 Å². The van der Waals surface area contributed by atoms with Gasteiger partial charge in [-0.1, -0.05) is 33.1 Å². The number of aliphatic carboxylic acids is 1. The van der Waals surface area contributed by atoms with E-state index in [-0.39, 0.29) is 11.8 Å². The van der Waals surface area contributed by atoms with Crippen molar-refractivity contribution in [2.45, 2.75) is 57.5 Å². The SMILES string of the molecule is CCC(C)[C@H](NC(=O)C1(N)CCCC1)C(=O)O. The van der Waals surface area contributed by atoms with E-state index in [4.69, 9.17) is 10.8 Å². The van der Waals surface area contributed by atoms with Crippen LogP contribution in [0.1, 0.15) is 46.0 Å². The van der Waals surface area contributed by atoms with Gasteiger partial charge >= 0.3 is 5.97 Å². The average molecular weight is 242 g/mol. The largest absolute Gasteiger partial charge is 0.480 e. The van der Waals surface area contributed by atoms with Crippen molar-refractivity contribution in [1.29, 1.82) is 0 Å². The minimum atomic E-state index is -0.991. The van der Waals surface area contributed by atoms with Crippen molar-refractivity contribution in [1.82, 2.24) is 5.32 Å². The minimum absolute atomic E-state index is 0.0959. The molecule has 0 aromatic heterocycles. The van der Waals surface area contributed by atoms with Gasteiger partial charge < -0.3 is 16.2 Å². The van der Waals surface area contributed by atoms with Crippen molar-refractivity contribution >= 4 is 11.9 Å². The lowest BCUT2D eigenvalue weighted by atomic mass is 9.94. The molecule has 1 fully saturated rings. The van der Waals surface area contributed by atoms with Crippen LogP contribution in [-0.4, -0.2) is 28.6 Å². The lowest BCUT2D eigenvalue weighted by molar-refractivity contribution is -0.144. The molecule has 1 aliphatic rings. The van der Waals surface area contributed by atoms with E-state index in [0.29, 0.717) is 19.3 Å². The van der Waals surface area contributed by atoms with Crippen LogP contribution in [0, 0.1) is 5.92 Å². The summed E-state index contributed by atoms with van der Waals surface area (Å²) >= 11 is 0. The molecular formula is C12H22N2O3. The van der Waals surface area contributed by atoms with Crippen molar-refractivity contribution in [2.75, 3.05) is 0 Å². The molecule has 0 heterocycles. The van der Waals surface area contributed by atoms with Crippen LogP contribution in [0.3, 0.4) is 0 Å². The smallest absolute Gasteiger partial charge is 0.326 e. The summed E-state index contributed by atoms with van der Waals surface area (Å²) in [5, 5.41) is 11.7. The van der Waals surface area contributed by atoms with Gasteiger partial charge in [0.25, 0.3) is 0 Å².